The van der Waals surface area contributed by atoms with E-state index in [4.69, 9.17) is 5.11 Å². The third-order valence-electron chi connectivity index (χ3n) is 4.23. The van der Waals surface area contributed by atoms with Crippen molar-refractivity contribution >= 4 is 17.7 Å². The Morgan fingerprint density at radius 1 is 0.917 bits per heavy atom. The number of carbonyl (C=O) groups is 2. The molecule has 2 N–H and O–H groups in total. The summed E-state index contributed by atoms with van der Waals surface area (Å²) in [6.07, 6.45) is -9.24. The van der Waals surface area contributed by atoms with Gasteiger partial charge in [0.15, 0.2) is 0 Å². The van der Waals surface area contributed by atoms with Gasteiger partial charge in [0.2, 0.25) is 0 Å². The topological polar surface area (TPSA) is 102 Å². The van der Waals surface area contributed by atoms with Crippen LogP contribution in [0, 0.1) is 0 Å². The minimum Gasteiger partial charge on any atom is -0.548 e. The zero-order valence-electron chi connectivity index (χ0n) is 18.9. The number of hydrogen-bond donors (Lipinski definition) is 2. The van der Waals surface area contributed by atoms with Crippen LogP contribution in [0.3, 0.4) is 0 Å². The minimum atomic E-state index is -4.70. The summed E-state index contributed by atoms with van der Waals surface area (Å²) >= 11 is 0. The van der Waals surface area contributed by atoms with Crippen molar-refractivity contribution in [2.45, 2.75) is 51.8 Å². The van der Waals surface area contributed by atoms with E-state index < -0.39 is 48.1 Å². The van der Waals surface area contributed by atoms with Crippen molar-refractivity contribution in [3.63, 3.8) is 0 Å². The van der Waals surface area contributed by atoms with Crippen LogP contribution in [0.5, 0.6) is 0 Å². The molecule has 0 aromatic heterocycles. The molecule has 194 valence electrons. The molecule has 0 bridgehead atoms. The zero-order chi connectivity index (χ0) is 26.1. The van der Waals surface area contributed by atoms with Crippen LogP contribution in [-0.4, -0.2) is 47.2 Å². The second-order valence-electron chi connectivity index (χ2n) is 6.95. The summed E-state index contributed by atoms with van der Waals surface area (Å²) in [5, 5.41) is 21.1. The van der Waals surface area contributed by atoms with Gasteiger partial charge in [-0.3, -0.25) is 15.1 Å². The third kappa shape index (κ3) is 12.5. The first-order valence-electron chi connectivity index (χ1n) is 9.66. The Balaban J connectivity index is 0. The normalized spacial score (nSPS) is 14.1. The van der Waals surface area contributed by atoms with Crippen LogP contribution in [0.1, 0.15) is 38.4 Å². The van der Waals surface area contributed by atoms with Crippen LogP contribution >= 0.6 is 0 Å². The summed E-state index contributed by atoms with van der Waals surface area (Å²) in [5.74, 6) is -2.97. The Morgan fingerprint density at radius 3 is 1.72 bits per heavy atom. The van der Waals surface area contributed by atoms with Crippen molar-refractivity contribution in [1.29, 1.82) is 0 Å². The maximum absolute atomic E-state index is 12.8. The largest absolute Gasteiger partial charge is 1.00 e. The Bertz CT molecular complexity index is 970. The molecule has 0 saturated carbocycles. The number of aliphatic carboxylic acids is 2. The number of alkyl halides is 6. The van der Waals surface area contributed by atoms with Crippen molar-refractivity contribution in [2.24, 2.45) is 4.99 Å². The van der Waals surface area contributed by atoms with Crippen LogP contribution in [0.2, 0.25) is 0 Å². The molecule has 3 atom stereocenters. The van der Waals surface area contributed by atoms with Crippen LogP contribution in [-0.2, 0) is 9.59 Å². The Hall–Kier alpha value is -1.77. The van der Waals surface area contributed by atoms with E-state index in [2.05, 4.69) is 4.99 Å². The van der Waals surface area contributed by atoms with E-state index in [1.54, 1.807) is 12.1 Å². The number of benzene rings is 2. The summed E-state index contributed by atoms with van der Waals surface area (Å²) in [7, 11) is 0. The molecule has 0 aliphatic heterocycles. The summed E-state index contributed by atoms with van der Waals surface area (Å²) in [4.78, 5) is 24.1. The predicted molar refractivity (Wildman–Crippen MR) is 116 cm³/mol. The number of aliphatic imine (C=N–C) groups is 1. The van der Waals surface area contributed by atoms with Gasteiger partial charge >= 0.3 is 69.7 Å². The molecule has 2 aromatic rings. The van der Waals surface area contributed by atoms with E-state index in [1.165, 1.54) is 55.5 Å². The molecule has 13 heteroatoms. The monoisotopic (exact) mass is 546 g/mol. The minimum absolute atomic E-state index is 0. The van der Waals surface area contributed by atoms with Gasteiger partial charge in [0.25, 0.3) is 0 Å². The average molecular weight is 547 g/mol. The van der Waals surface area contributed by atoms with Gasteiger partial charge in [-0.05, 0) is 19.4 Å². The Morgan fingerprint density at radius 2 is 1.36 bits per heavy atom. The molecule has 0 radical (unpaired) electrons. The molecule has 0 amide bonds. The molecule has 0 unspecified atom stereocenters. The van der Waals surface area contributed by atoms with Crippen molar-refractivity contribution in [2.75, 3.05) is 0 Å². The molecule has 0 fully saturated rings. The summed E-state index contributed by atoms with van der Waals surface area (Å²) in [6, 6.07) is 9.17. The second kappa shape index (κ2) is 16.1. The fourth-order valence-electron chi connectivity index (χ4n) is 2.50. The number of rotatable bonds is 7. The predicted octanol–water partition coefficient (Wildman–Crippen LogP) is 1.17. The van der Waals surface area contributed by atoms with Crippen LogP contribution in [0.4, 0.5) is 26.3 Å². The maximum Gasteiger partial charge on any atom is 1.00 e. The molecule has 36 heavy (non-hydrogen) atoms. The van der Waals surface area contributed by atoms with E-state index in [9.17, 15) is 41.0 Å². The van der Waals surface area contributed by atoms with Crippen molar-refractivity contribution < 1.29 is 97.5 Å². The molecule has 2 aromatic carbocycles. The van der Waals surface area contributed by atoms with Crippen molar-refractivity contribution in [1.82, 2.24) is 5.32 Å². The molecule has 0 aliphatic carbocycles. The smallest absolute Gasteiger partial charge is 0.548 e. The quantitative estimate of drug-likeness (QED) is 0.309. The van der Waals surface area contributed by atoms with Gasteiger partial charge in [0.05, 0.1) is 12.0 Å². The van der Waals surface area contributed by atoms with Gasteiger partial charge < -0.3 is 15.0 Å². The van der Waals surface area contributed by atoms with Gasteiger partial charge in [-0.1, -0.05) is 68.1 Å². The fourth-order valence-corrected chi connectivity index (χ4v) is 2.50. The molecule has 0 heterocycles. The van der Waals surface area contributed by atoms with E-state index in [0.29, 0.717) is 0 Å². The molecular formula is C23H25F6KN2O4. The summed E-state index contributed by atoms with van der Waals surface area (Å²) < 4.78 is 76.4. The molecule has 6 nitrogen and oxygen atoms in total. The number of carboxylic acids is 2. The van der Waals surface area contributed by atoms with E-state index in [1.807, 2.05) is 5.32 Å². The van der Waals surface area contributed by atoms with Crippen LogP contribution < -0.4 is 61.8 Å². The summed E-state index contributed by atoms with van der Waals surface area (Å²) in [6.45, 7) is 2.20. The number of carboxylic acid groups (broad SMARTS) is 2. The Kier molecular flexibility index (Phi) is 16.3. The number of nitrogens with one attached hydrogen (secondary N) is 1. The van der Waals surface area contributed by atoms with Gasteiger partial charge in [-0.2, -0.15) is 26.3 Å². The molecule has 0 spiro atoms. The van der Waals surface area contributed by atoms with Gasteiger partial charge in [-0.25, -0.2) is 0 Å². The van der Waals surface area contributed by atoms with Crippen molar-refractivity contribution in [3.8, 4) is 0 Å². The van der Waals surface area contributed by atoms with Gasteiger partial charge in [0.1, 0.15) is 17.8 Å². The standard InChI is InChI=1S/C11H12F3NO2.C11H10F3NO2.CH4.K/c2*1-7(10(16)17)15-9(11(12,13)14)8-5-3-2-4-6-8;;/h2-7,9,15H,1H3,(H,16,17);2-7H,1H3,(H,16,17);1H4;/q;;;+1/p-1/t7-,9-;7-;;/m00../s1. The van der Waals surface area contributed by atoms with Gasteiger partial charge in [0, 0.05) is 5.56 Å². The van der Waals surface area contributed by atoms with E-state index in [-0.39, 0.29) is 69.9 Å². The number of halogens is 6. The number of nitrogens with zero attached hydrogens (tertiary/aromatic N) is 1. The van der Waals surface area contributed by atoms with Crippen LogP contribution in [0.25, 0.3) is 0 Å². The first kappa shape index (κ1) is 36.4. The molecule has 0 aliphatic rings. The second-order valence-corrected chi connectivity index (χ2v) is 6.95. The SMILES string of the molecule is C.C[C@H](N=C(c1ccccc1)C(F)(F)F)C(=O)[O-].C[C@H](N[C@@H](c1ccccc1)C(F)(F)F)C(=O)O.[K+]. The fraction of sp³-hybridized carbons (Fsp3) is 0.348. The molecule has 2 rings (SSSR count). The molecular weight excluding hydrogens is 521 g/mol. The maximum atomic E-state index is 12.8. The molecule has 0 saturated heterocycles. The van der Waals surface area contributed by atoms with E-state index in [0.717, 1.165) is 6.92 Å². The number of hydrogen-bond acceptors (Lipinski definition) is 5. The average Bonchev–Trinajstić information content (AvgIpc) is 2.75. The van der Waals surface area contributed by atoms with Crippen molar-refractivity contribution in [3.05, 3.63) is 71.8 Å². The first-order chi connectivity index (χ1) is 15.6. The zero-order valence-corrected chi connectivity index (χ0v) is 22.0. The first-order valence-corrected chi connectivity index (χ1v) is 9.66. The summed E-state index contributed by atoms with van der Waals surface area (Å²) in [5.41, 5.74) is -1.39. The number of carbonyl (C=O) groups excluding carboxylic acids is 1. The van der Waals surface area contributed by atoms with E-state index >= 15 is 0 Å². The van der Waals surface area contributed by atoms with Gasteiger partial charge in [-0.15, -0.1) is 0 Å². The Labute approximate surface area is 247 Å². The third-order valence-corrected chi connectivity index (χ3v) is 4.23. The van der Waals surface area contributed by atoms with Crippen LogP contribution in [0.15, 0.2) is 65.7 Å².